The van der Waals surface area contributed by atoms with Crippen molar-refractivity contribution in [3.05, 3.63) is 29.3 Å². The van der Waals surface area contributed by atoms with Crippen molar-refractivity contribution in [2.24, 2.45) is 0 Å². The van der Waals surface area contributed by atoms with Gasteiger partial charge in [-0.05, 0) is 17.7 Å². The summed E-state index contributed by atoms with van der Waals surface area (Å²) in [5, 5.41) is 35.6. The molecule has 4 N–H and O–H groups in total. The number of hydrogen-bond donors (Lipinski definition) is 4. The van der Waals surface area contributed by atoms with Crippen molar-refractivity contribution < 1.29 is 25.2 Å². The molecule has 14 heavy (non-hydrogen) atoms. The minimum absolute atomic E-state index is 0.124. The molecule has 0 spiro atoms. The van der Waals surface area contributed by atoms with E-state index in [0.717, 1.165) is 0 Å². The maximum atomic E-state index is 10.4. The first kappa shape index (κ1) is 10.5. The quantitative estimate of drug-likeness (QED) is 0.548. The first-order valence-electron chi connectivity index (χ1n) is 3.89. The van der Waals surface area contributed by atoms with Crippen molar-refractivity contribution >= 4 is 5.97 Å². The summed E-state index contributed by atoms with van der Waals surface area (Å²) in [7, 11) is 0. The number of rotatable bonds is 3. The Morgan fingerprint density at radius 3 is 2.57 bits per heavy atom. The molecule has 0 radical (unpaired) electrons. The van der Waals surface area contributed by atoms with Gasteiger partial charge in [0.2, 0.25) is 0 Å². The van der Waals surface area contributed by atoms with Crippen molar-refractivity contribution in [3.63, 3.8) is 0 Å². The SMILES string of the molecule is O=C(O)C(O)c1ccc(O)c(CO)c1. The number of carboxylic acids is 1. The molecule has 0 aliphatic carbocycles. The summed E-state index contributed by atoms with van der Waals surface area (Å²) in [6.45, 7) is -0.411. The number of hydrogen-bond acceptors (Lipinski definition) is 4. The van der Waals surface area contributed by atoms with Crippen molar-refractivity contribution in [1.29, 1.82) is 0 Å². The molecular weight excluding hydrogens is 188 g/mol. The Labute approximate surface area is 79.9 Å². The monoisotopic (exact) mass is 198 g/mol. The largest absolute Gasteiger partial charge is 0.508 e. The normalized spacial score (nSPS) is 12.4. The van der Waals surface area contributed by atoms with Crippen LogP contribution in [0.1, 0.15) is 17.2 Å². The maximum Gasteiger partial charge on any atom is 0.337 e. The maximum absolute atomic E-state index is 10.4. The lowest BCUT2D eigenvalue weighted by Crippen LogP contribution is -2.10. The number of aliphatic hydroxyl groups excluding tert-OH is 2. The van der Waals surface area contributed by atoms with Crippen LogP contribution in [0, 0.1) is 0 Å². The molecule has 0 fully saturated rings. The molecule has 0 saturated heterocycles. The van der Waals surface area contributed by atoms with Crippen LogP contribution in [0.3, 0.4) is 0 Å². The van der Waals surface area contributed by atoms with E-state index in [1.54, 1.807) is 0 Å². The number of benzene rings is 1. The van der Waals surface area contributed by atoms with Crippen LogP contribution in [0.4, 0.5) is 0 Å². The predicted octanol–water partition coefficient (Wildman–Crippen LogP) is 0.00250. The summed E-state index contributed by atoms with van der Waals surface area (Å²) in [5.41, 5.74) is 0.308. The van der Waals surface area contributed by atoms with Gasteiger partial charge in [0, 0.05) is 5.56 Å². The van der Waals surface area contributed by atoms with Gasteiger partial charge in [0.15, 0.2) is 6.10 Å². The average Bonchev–Trinajstić information content (AvgIpc) is 2.17. The van der Waals surface area contributed by atoms with Gasteiger partial charge in [0.25, 0.3) is 0 Å². The number of carboxylic acid groups (broad SMARTS) is 1. The molecule has 0 saturated carbocycles. The summed E-state index contributed by atoms with van der Waals surface area (Å²) < 4.78 is 0. The number of aromatic hydroxyl groups is 1. The zero-order valence-corrected chi connectivity index (χ0v) is 7.21. The minimum atomic E-state index is -1.64. The molecule has 76 valence electrons. The number of carbonyl (C=O) groups is 1. The van der Waals surface area contributed by atoms with E-state index in [2.05, 4.69) is 0 Å². The third-order valence-corrected chi connectivity index (χ3v) is 1.82. The zero-order chi connectivity index (χ0) is 10.7. The van der Waals surface area contributed by atoms with Crippen molar-refractivity contribution in [2.75, 3.05) is 0 Å². The first-order valence-corrected chi connectivity index (χ1v) is 3.89. The Bertz CT molecular complexity index is 347. The highest BCUT2D eigenvalue weighted by molar-refractivity contribution is 5.74. The molecule has 0 aliphatic rings. The van der Waals surface area contributed by atoms with Gasteiger partial charge in [0.05, 0.1) is 6.61 Å². The molecule has 1 unspecified atom stereocenters. The molecule has 0 amide bonds. The second-order valence-corrected chi connectivity index (χ2v) is 2.79. The van der Waals surface area contributed by atoms with Gasteiger partial charge in [-0.2, -0.15) is 0 Å². The summed E-state index contributed by atoms with van der Waals surface area (Å²) in [6, 6.07) is 3.76. The highest BCUT2D eigenvalue weighted by atomic mass is 16.4. The predicted molar refractivity (Wildman–Crippen MR) is 46.6 cm³/mol. The molecule has 5 heteroatoms. The van der Waals surface area contributed by atoms with E-state index in [1.165, 1.54) is 18.2 Å². The minimum Gasteiger partial charge on any atom is -0.508 e. The molecule has 1 atom stereocenters. The van der Waals surface area contributed by atoms with Crippen molar-refractivity contribution in [2.45, 2.75) is 12.7 Å². The number of aliphatic carboxylic acids is 1. The standard InChI is InChI=1S/C9H10O5/c10-4-6-3-5(1-2-7(6)11)8(12)9(13)14/h1-3,8,10-12H,4H2,(H,13,14). The van der Waals surface area contributed by atoms with Gasteiger partial charge >= 0.3 is 5.97 Å². The van der Waals surface area contributed by atoms with E-state index in [4.69, 9.17) is 20.4 Å². The zero-order valence-electron chi connectivity index (χ0n) is 7.21. The molecule has 1 aromatic rings. The summed E-state index contributed by atoms with van der Waals surface area (Å²) >= 11 is 0. The van der Waals surface area contributed by atoms with E-state index < -0.39 is 18.7 Å². The lowest BCUT2D eigenvalue weighted by atomic mass is 10.1. The van der Waals surface area contributed by atoms with Crippen LogP contribution in [0.5, 0.6) is 5.75 Å². The van der Waals surface area contributed by atoms with E-state index in [0.29, 0.717) is 0 Å². The van der Waals surface area contributed by atoms with Crippen LogP contribution in [-0.2, 0) is 11.4 Å². The van der Waals surface area contributed by atoms with Crippen LogP contribution < -0.4 is 0 Å². The van der Waals surface area contributed by atoms with E-state index >= 15 is 0 Å². The van der Waals surface area contributed by atoms with Crippen LogP contribution in [0.25, 0.3) is 0 Å². The topological polar surface area (TPSA) is 98.0 Å². The third kappa shape index (κ3) is 2.01. The van der Waals surface area contributed by atoms with E-state index in [9.17, 15) is 4.79 Å². The smallest absolute Gasteiger partial charge is 0.337 e. The highest BCUT2D eigenvalue weighted by Gasteiger charge is 2.16. The van der Waals surface area contributed by atoms with E-state index in [-0.39, 0.29) is 16.9 Å². The summed E-state index contributed by atoms with van der Waals surface area (Å²) in [6.07, 6.45) is -1.64. The summed E-state index contributed by atoms with van der Waals surface area (Å²) in [4.78, 5) is 10.4. The molecule has 5 nitrogen and oxygen atoms in total. The second kappa shape index (κ2) is 4.08. The lowest BCUT2D eigenvalue weighted by Gasteiger charge is -2.08. The molecular formula is C9H10O5. The fourth-order valence-electron chi connectivity index (χ4n) is 1.04. The third-order valence-electron chi connectivity index (χ3n) is 1.82. The van der Waals surface area contributed by atoms with Crippen LogP contribution in [0.15, 0.2) is 18.2 Å². The highest BCUT2D eigenvalue weighted by Crippen LogP contribution is 2.22. The van der Waals surface area contributed by atoms with Gasteiger partial charge in [0.1, 0.15) is 5.75 Å². The van der Waals surface area contributed by atoms with Crippen molar-refractivity contribution in [1.82, 2.24) is 0 Å². The molecule has 0 aromatic heterocycles. The number of phenols is 1. The van der Waals surface area contributed by atoms with E-state index in [1.807, 2.05) is 0 Å². The van der Waals surface area contributed by atoms with Crippen LogP contribution in [-0.4, -0.2) is 26.4 Å². The Hall–Kier alpha value is -1.59. The molecule has 0 bridgehead atoms. The average molecular weight is 198 g/mol. The van der Waals surface area contributed by atoms with Gasteiger partial charge in [-0.1, -0.05) is 6.07 Å². The number of aliphatic hydroxyl groups is 2. The Morgan fingerprint density at radius 1 is 1.43 bits per heavy atom. The molecule has 0 heterocycles. The van der Waals surface area contributed by atoms with Gasteiger partial charge in [-0.25, -0.2) is 4.79 Å². The fraction of sp³-hybridized carbons (Fsp3) is 0.222. The van der Waals surface area contributed by atoms with Crippen LogP contribution >= 0.6 is 0 Å². The van der Waals surface area contributed by atoms with Crippen molar-refractivity contribution in [3.8, 4) is 5.75 Å². The molecule has 1 aromatic carbocycles. The van der Waals surface area contributed by atoms with Gasteiger partial charge in [-0.3, -0.25) is 0 Å². The summed E-state index contributed by atoms with van der Waals surface area (Å²) in [5.74, 6) is -1.51. The van der Waals surface area contributed by atoms with Crippen LogP contribution in [0.2, 0.25) is 0 Å². The lowest BCUT2D eigenvalue weighted by molar-refractivity contribution is -0.146. The second-order valence-electron chi connectivity index (χ2n) is 2.79. The Kier molecular flexibility index (Phi) is 3.06. The molecule has 0 aliphatic heterocycles. The Balaban J connectivity index is 3.06. The first-order chi connectivity index (χ1) is 6.56. The Morgan fingerprint density at radius 2 is 2.07 bits per heavy atom. The van der Waals surface area contributed by atoms with Gasteiger partial charge < -0.3 is 20.4 Å². The van der Waals surface area contributed by atoms with Gasteiger partial charge in [-0.15, -0.1) is 0 Å². The fourth-order valence-corrected chi connectivity index (χ4v) is 1.04. The molecule has 1 rings (SSSR count).